The molecule has 1 aromatic heterocycles. The van der Waals surface area contributed by atoms with Crippen LogP contribution in [-0.4, -0.2) is 28.8 Å². The second-order valence-corrected chi connectivity index (χ2v) is 7.22. The molecule has 0 unspecified atom stereocenters. The van der Waals surface area contributed by atoms with Gasteiger partial charge in [-0.2, -0.15) is 5.10 Å². The topological polar surface area (TPSA) is 64.1 Å². The van der Waals surface area contributed by atoms with Crippen LogP contribution < -0.4 is 10.1 Å². The van der Waals surface area contributed by atoms with Crippen molar-refractivity contribution in [2.24, 2.45) is 17.8 Å². The summed E-state index contributed by atoms with van der Waals surface area (Å²) in [5, 5.41) is 12.9. The number of nitrogens with one attached hydrogen (secondary N) is 1. The number of amides is 1. The van der Waals surface area contributed by atoms with E-state index < -0.39 is 0 Å². The van der Waals surface area contributed by atoms with E-state index >= 15 is 0 Å². The van der Waals surface area contributed by atoms with Crippen LogP contribution in [0.5, 0.6) is 5.88 Å². The fraction of sp³-hybridized carbons (Fsp3) is 0.526. The smallest absolute Gasteiger partial charge is 0.258 e. The quantitative estimate of drug-likeness (QED) is 0.918. The SMILES string of the molecule is C[C@H](NC(=O)COc1nncc2ccccc12)[C@@H]1C[C@H]2CC[C@H]1C2. The minimum Gasteiger partial charge on any atom is -0.466 e. The van der Waals surface area contributed by atoms with E-state index in [2.05, 4.69) is 22.4 Å². The molecule has 1 heterocycles. The molecule has 5 heteroatoms. The maximum atomic E-state index is 12.2. The molecule has 0 radical (unpaired) electrons. The fourth-order valence-corrected chi connectivity index (χ4v) is 4.55. The van der Waals surface area contributed by atoms with Gasteiger partial charge in [0.25, 0.3) is 5.91 Å². The Bertz CT molecular complexity index is 743. The van der Waals surface area contributed by atoms with E-state index in [0.717, 1.165) is 22.6 Å². The Morgan fingerprint density at radius 3 is 3.00 bits per heavy atom. The molecule has 5 nitrogen and oxygen atoms in total. The summed E-state index contributed by atoms with van der Waals surface area (Å²) < 4.78 is 5.62. The van der Waals surface area contributed by atoms with E-state index in [1.54, 1.807) is 6.20 Å². The highest BCUT2D eigenvalue weighted by Gasteiger charge is 2.42. The van der Waals surface area contributed by atoms with Gasteiger partial charge in [-0.05, 0) is 50.0 Å². The molecule has 2 fully saturated rings. The molecule has 0 aliphatic heterocycles. The van der Waals surface area contributed by atoms with Gasteiger partial charge in [0.2, 0.25) is 5.88 Å². The number of aromatic nitrogens is 2. The average Bonchev–Trinajstić information content (AvgIpc) is 3.23. The molecule has 24 heavy (non-hydrogen) atoms. The van der Waals surface area contributed by atoms with Crippen LogP contribution in [0.15, 0.2) is 30.5 Å². The second-order valence-electron chi connectivity index (χ2n) is 7.22. The summed E-state index contributed by atoms with van der Waals surface area (Å²) in [4.78, 5) is 12.2. The van der Waals surface area contributed by atoms with E-state index in [1.807, 2.05) is 24.3 Å². The third-order valence-electron chi connectivity index (χ3n) is 5.70. The Hall–Kier alpha value is -2.17. The van der Waals surface area contributed by atoms with Crippen molar-refractivity contribution in [3.8, 4) is 5.88 Å². The summed E-state index contributed by atoms with van der Waals surface area (Å²) >= 11 is 0. The van der Waals surface area contributed by atoms with E-state index in [0.29, 0.717) is 11.8 Å². The first-order chi connectivity index (χ1) is 11.7. The Labute approximate surface area is 141 Å². The van der Waals surface area contributed by atoms with Gasteiger partial charge in [0, 0.05) is 16.8 Å². The van der Waals surface area contributed by atoms with Gasteiger partial charge < -0.3 is 10.1 Å². The summed E-state index contributed by atoms with van der Waals surface area (Å²) in [7, 11) is 0. The van der Waals surface area contributed by atoms with E-state index in [4.69, 9.17) is 4.74 Å². The number of fused-ring (bicyclic) bond motifs is 3. The van der Waals surface area contributed by atoms with E-state index in [9.17, 15) is 4.79 Å². The van der Waals surface area contributed by atoms with Crippen LogP contribution in [0, 0.1) is 17.8 Å². The van der Waals surface area contributed by atoms with E-state index in [-0.39, 0.29) is 18.6 Å². The van der Waals surface area contributed by atoms with Crippen LogP contribution in [0.3, 0.4) is 0 Å². The van der Waals surface area contributed by atoms with E-state index in [1.165, 1.54) is 25.7 Å². The molecular weight excluding hydrogens is 302 g/mol. The number of hydrogen-bond acceptors (Lipinski definition) is 4. The lowest BCUT2D eigenvalue weighted by Gasteiger charge is -2.28. The van der Waals surface area contributed by atoms with Crippen molar-refractivity contribution in [3.05, 3.63) is 30.5 Å². The van der Waals surface area contributed by atoms with Crippen molar-refractivity contribution in [1.82, 2.24) is 15.5 Å². The van der Waals surface area contributed by atoms with Crippen molar-refractivity contribution in [3.63, 3.8) is 0 Å². The van der Waals surface area contributed by atoms with Crippen molar-refractivity contribution in [1.29, 1.82) is 0 Å². The van der Waals surface area contributed by atoms with Gasteiger partial charge in [0.15, 0.2) is 6.61 Å². The monoisotopic (exact) mass is 325 g/mol. The third kappa shape index (κ3) is 2.95. The Morgan fingerprint density at radius 1 is 1.33 bits per heavy atom. The number of carbonyl (C=O) groups is 1. The summed E-state index contributed by atoms with van der Waals surface area (Å²) in [6.07, 6.45) is 7.02. The molecule has 2 aliphatic rings. The van der Waals surface area contributed by atoms with Crippen LogP contribution in [0.25, 0.3) is 10.8 Å². The normalized spacial score (nSPS) is 26.5. The lowest BCUT2D eigenvalue weighted by molar-refractivity contribution is -0.124. The lowest BCUT2D eigenvalue weighted by atomic mass is 9.84. The fourth-order valence-electron chi connectivity index (χ4n) is 4.55. The summed E-state index contributed by atoms with van der Waals surface area (Å²) in [6.45, 7) is 2.11. The standard InChI is InChI=1S/C19H23N3O2/c1-12(17-9-13-6-7-14(17)8-13)21-18(23)11-24-19-16-5-3-2-4-15(16)10-20-22-19/h2-5,10,12-14,17H,6-9,11H2,1H3,(H,21,23)/t12-,13-,14-,17-/m0/s1. The zero-order valence-electron chi connectivity index (χ0n) is 13.9. The molecule has 126 valence electrons. The number of hydrogen-bond donors (Lipinski definition) is 1. The second kappa shape index (κ2) is 6.38. The molecule has 0 saturated heterocycles. The highest BCUT2D eigenvalue weighted by atomic mass is 16.5. The van der Waals surface area contributed by atoms with Crippen LogP contribution >= 0.6 is 0 Å². The number of nitrogens with zero attached hydrogens (tertiary/aromatic N) is 2. The van der Waals surface area contributed by atoms with Gasteiger partial charge in [-0.25, -0.2) is 0 Å². The third-order valence-corrected chi connectivity index (χ3v) is 5.70. The minimum atomic E-state index is -0.0833. The molecule has 2 bridgehead atoms. The van der Waals surface area contributed by atoms with Gasteiger partial charge in [0.05, 0.1) is 6.20 Å². The maximum absolute atomic E-state index is 12.2. The van der Waals surface area contributed by atoms with Crippen molar-refractivity contribution in [2.45, 2.75) is 38.6 Å². The van der Waals surface area contributed by atoms with Gasteiger partial charge in [0.1, 0.15) is 0 Å². The zero-order valence-corrected chi connectivity index (χ0v) is 13.9. The van der Waals surface area contributed by atoms with Crippen LogP contribution in [-0.2, 0) is 4.79 Å². The predicted octanol–water partition coefficient (Wildman–Crippen LogP) is 2.95. The molecule has 1 N–H and O–H groups in total. The highest BCUT2D eigenvalue weighted by Crippen LogP contribution is 2.49. The van der Waals surface area contributed by atoms with Crippen LogP contribution in [0.1, 0.15) is 32.6 Å². The first kappa shape index (κ1) is 15.4. The first-order valence-electron chi connectivity index (χ1n) is 8.83. The lowest BCUT2D eigenvalue weighted by Crippen LogP contribution is -2.42. The summed E-state index contributed by atoms with van der Waals surface area (Å²) in [6, 6.07) is 7.96. The minimum absolute atomic E-state index is 0.0200. The van der Waals surface area contributed by atoms with Crippen molar-refractivity contribution in [2.75, 3.05) is 6.61 Å². The molecule has 2 aromatic rings. The molecular formula is C19H23N3O2. The Balaban J connectivity index is 1.34. The van der Waals surface area contributed by atoms with Crippen LogP contribution in [0.4, 0.5) is 0 Å². The molecule has 1 aromatic carbocycles. The number of carbonyl (C=O) groups excluding carboxylic acids is 1. The predicted molar refractivity (Wildman–Crippen MR) is 91.6 cm³/mol. The highest BCUT2D eigenvalue weighted by molar-refractivity contribution is 5.86. The molecule has 1 amide bonds. The maximum Gasteiger partial charge on any atom is 0.258 e. The molecule has 4 rings (SSSR count). The van der Waals surface area contributed by atoms with Gasteiger partial charge >= 0.3 is 0 Å². The number of benzene rings is 1. The molecule has 0 spiro atoms. The van der Waals surface area contributed by atoms with Crippen molar-refractivity contribution < 1.29 is 9.53 Å². The first-order valence-corrected chi connectivity index (χ1v) is 8.83. The summed E-state index contributed by atoms with van der Waals surface area (Å²) in [5.74, 6) is 2.65. The molecule has 2 aliphatic carbocycles. The molecule has 2 saturated carbocycles. The van der Waals surface area contributed by atoms with Crippen molar-refractivity contribution >= 4 is 16.7 Å². The Kier molecular flexibility index (Phi) is 4.08. The number of rotatable bonds is 5. The van der Waals surface area contributed by atoms with Gasteiger partial charge in [-0.3, -0.25) is 4.79 Å². The number of ether oxygens (including phenoxy) is 1. The van der Waals surface area contributed by atoms with Crippen LogP contribution in [0.2, 0.25) is 0 Å². The Morgan fingerprint density at radius 2 is 2.21 bits per heavy atom. The van der Waals surface area contributed by atoms with Gasteiger partial charge in [-0.1, -0.05) is 24.6 Å². The zero-order chi connectivity index (χ0) is 16.5. The molecule has 4 atom stereocenters. The average molecular weight is 325 g/mol. The largest absolute Gasteiger partial charge is 0.466 e. The van der Waals surface area contributed by atoms with Gasteiger partial charge in [-0.15, -0.1) is 5.10 Å². The summed E-state index contributed by atoms with van der Waals surface area (Å²) in [5.41, 5.74) is 0.